The van der Waals surface area contributed by atoms with Crippen LogP contribution in [0.3, 0.4) is 0 Å². The van der Waals surface area contributed by atoms with Crippen molar-refractivity contribution in [3.8, 4) is 22.8 Å². The van der Waals surface area contributed by atoms with Crippen molar-refractivity contribution in [3.63, 3.8) is 0 Å². The molecule has 9 heteroatoms. The maximum absolute atomic E-state index is 14.9. The van der Waals surface area contributed by atoms with Crippen molar-refractivity contribution in [1.29, 1.82) is 0 Å². The van der Waals surface area contributed by atoms with Gasteiger partial charge >= 0.3 is 0 Å². The van der Waals surface area contributed by atoms with Gasteiger partial charge in [0, 0.05) is 50.7 Å². The molecule has 0 radical (unpaired) electrons. The fourth-order valence-electron chi connectivity index (χ4n) is 4.11. The van der Waals surface area contributed by atoms with E-state index in [2.05, 4.69) is 25.6 Å². The van der Waals surface area contributed by atoms with Crippen LogP contribution in [0.25, 0.3) is 16.6 Å². The molecule has 0 unspecified atom stereocenters. The third-order valence-corrected chi connectivity index (χ3v) is 6.21. The fraction of sp³-hybridized carbons (Fsp3) is 0.222. The summed E-state index contributed by atoms with van der Waals surface area (Å²) in [5.41, 5.74) is 2.30. The number of ether oxygens (including phenoxy) is 1. The molecule has 1 saturated carbocycles. The average molecular weight is 673 g/mol. The van der Waals surface area contributed by atoms with E-state index in [1.165, 1.54) is 25.3 Å². The maximum atomic E-state index is 14.9. The van der Waals surface area contributed by atoms with Crippen LogP contribution in [0.15, 0.2) is 73.2 Å². The van der Waals surface area contributed by atoms with Crippen molar-refractivity contribution in [2.75, 3.05) is 5.32 Å². The smallest absolute Gasteiger partial charge is 0.223 e. The zero-order valence-corrected chi connectivity index (χ0v) is 23.1. The van der Waals surface area contributed by atoms with E-state index in [1.54, 1.807) is 55.0 Å². The van der Waals surface area contributed by atoms with Gasteiger partial charge in [-0.2, -0.15) is 0 Å². The Morgan fingerprint density at radius 3 is 2.61 bits per heavy atom. The molecule has 1 aliphatic rings. The van der Waals surface area contributed by atoms with Crippen LogP contribution in [-0.4, -0.2) is 21.0 Å². The number of pyridine rings is 1. The van der Waals surface area contributed by atoms with Gasteiger partial charge in [0.05, 0.1) is 11.3 Å². The summed E-state index contributed by atoms with van der Waals surface area (Å²) in [6.45, 7) is 0. The molecule has 0 spiro atoms. The normalized spacial score (nSPS) is 13.5. The summed E-state index contributed by atoms with van der Waals surface area (Å²) in [5.74, 6) is 0.548. The van der Waals surface area contributed by atoms with Gasteiger partial charge in [-0.3, -0.25) is 4.98 Å². The summed E-state index contributed by atoms with van der Waals surface area (Å²) in [6, 6.07) is 15.6. The van der Waals surface area contributed by atoms with E-state index in [4.69, 9.17) is 16.3 Å². The molecular formula is C27H24ClFN5OW-. The summed E-state index contributed by atoms with van der Waals surface area (Å²) >= 11 is 6.16. The molecule has 36 heavy (non-hydrogen) atoms. The Labute approximate surface area is 229 Å². The number of para-hydroxylation sites is 1. The number of halogens is 2. The van der Waals surface area contributed by atoms with Gasteiger partial charge in [-0.1, -0.05) is 55.1 Å². The Balaban J connectivity index is 0.00000304. The van der Waals surface area contributed by atoms with Gasteiger partial charge in [-0.25, -0.2) is 14.4 Å². The molecule has 2 heterocycles. The number of hydrogen-bond acceptors (Lipinski definition) is 5. The van der Waals surface area contributed by atoms with Crippen LogP contribution < -0.4 is 10.1 Å². The van der Waals surface area contributed by atoms with Gasteiger partial charge in [-0.15, -0.1) is 11.4 Å². The number of anilines is 1. The van der Waals surface area contributed by atoms with E-state index < -0.39 is 5.82 Å². The minimum absolute atomic E-state index is 0. The summed E-state index contributed by atoms with van der Waals surface area (Å²) < 4.78 is 20.9. The largest absolute Gasteiger partial charge is 0.657 e. The molecule has 2 aromatic carbocycles. The van der Waals surface area contributed by atoms with Gasteiger partial charge in [0.2, 0.25) is 5.95 Å². The topological polar surface area (TPSA) is 74.0 Å². The first kappa shape index (κ1) is 26.1. The summed E-state index contributed by atoms with van der Waals surface area (Å²) in [5, 5.41) is 8.34. The molecule has 0 saturated heterocycles. The van der Waals surface area contributed by atoms with Crippen LogP contribution in [0.5, 0.6) is 11.5 Å². The zero-order valence-electron chi connectivity index (χ0n) is 19.4. The van der Waals surface area contributed by atoms with Crippen molar-refractivity contribution in [2.45, 2.75) is 38.1 Å². The van der Waals surface area contributed by atoms with Crippen LogP contribution in [0.2, 0.25) is 5.02 Å². The first-order chi connectivity index (χ1) is 17.2. The van der Waals surface area contributed by atoms with E-state index in [0.29, 0.717) is 45.4 Å². The number of benzene rings is 2. The van der Waals surface area contributed by atoms with E-state index in [9.17, 15) is 4.39 Å². The Morgan fingerprint density at radius 1 is 0.972 bits per heavy atom. The third-order valence-electron chi connectivity index (χ3n) is 5.89. The van der Waals surface area contributed by atoms with Crippen molar-refractivity contribution in [1.82, 2.24) is 15.0 Å². The second kappa shape index (κ2) is 12.3. The van der Waals surface area contributed by atoms with Crippen LogP contribution in [0.4, 0.5) is 21.7 Å². The minimum Gasteiger partial charge on any atom is -0.657 e. The molecule has 4 aromatic rings. The molecule has 0 aliphatic heterocycles. The van der Waals surface area contributed by atoms with Crippen molar-refractivity contribution >= 4 is 28.9 Å². The molecule has 2 aromatic heterocycles. The molecule has 1 aliphatic carbocycles. The number of nitrogens with zero attached hydrogens (tertiary/aromatic N) is 4. The van der Waals surface area contributed by atoms with Crippen molar-refractivity contribution in [3.05, 3.63) is 89.3 Å². The molecule has 1 N–H and O–H groups in total. The molecule has 184 valence electrons. The maximum Gasteiger partial charge on any atom is 0.223 e. The second-order valence-electron chi connectivity index (χ2n) is 8.40. The Hall–Kier alpha value is -3.02. The SMILES string of the molecule is Fc1cc([N-]c2ccccc2Cl)ccc1Oc1ccncc1-c1ccnc(NC2CCCCC2)n1.[W]. The number of rotatable bonds is 7. The third kappa shape index (κ3) is 6.40. The average Bonchev–Trinajstić information content (AvgIpc) is 2.88. The zero-order chi connectivity index (χ0) is 24.0. The Morgan fingerprint density at radius 2 is 1.81 bits per heavy atom. The Kier molecular flexibility index (Phi) is 8.89. The molecule has 6 nitrogen and oxygen atoms in total. The van der Waals surface area contributed by atoms with Gasteiger partial charge < -0.3 is 15.4 Å². The van der Waals surface area contributed by atoms with Gasteiger partial charge in [-0.05, 0) is 43.2 Å². The summed E-state index contributed by atoms with van der Waals surface area (Å²) in [7, 11) is 0. The first-order valence-corrected chi connectivity index (χ1v) is 12.0. The van der Waals surface area contributed by atoms with Crippen LogP contribution in [0, 0.1) is 5.82 Å². The predicted octanol–water partition coefficient (Wildman–Crippen LogP) is 8.20. The van der Waals surface area contributed by atoms with E-state index in [1.807, 2.05) is 12.1 Å². The van der Waals surface area contributed by atoms with E-state index in [0.717, 1.165) is 12.8 Å². The van der Waals surface area contributed by atoms with Gasteiger partial charge in [0.1, 0.15) is 5.75 Å². The number of aromatic nitrogens is 3. The molecule has 0 atom stereocenters. The van der Waals surface area contributed by atoms with Crippen molar-refractivity contribution in [2.24, 2.45) is 0 Å². The molecule has 1 fully saturated rings. The monoisotopic (exact) mass is 672 g/mol. The van der Waals surface area contributed by atoms with Crippen LogP contribution in [0.1, 0.15) is 32.1 Å². The van der Waals surface area contributed by atoms with Crippen LogP contribution >= 0.6 is 11.6 Å². The molecule has 0 bridgehead atoms. The van der Waals surface area contributed by atoms with Crippen LogP contribution in [-0.2, 0) is 21.1 Å². The quantitative estimate of drug-likeness (QED) is 0.214. The second-order valence-corrected chi connectivity index (χ2v) is 8.80. The number of nitrogens with one attached hydrogen (secondary N) is 1. The van der Waals surface area contributed by atoms with E-state index in [-0.39, 0.29) is 26.8 Å². The molecule has 5 rings (SSSR count). The Bertz CT molecular complexity index is 1320. The fourth-order valence-corrected chi connectivity index (χ4v) is 4.29. The van der Waals surface area contributed by atoms with Gasteiger partial charge in [0.25, 0.3) is 0 Å². The van der Waals surface area contributed by atoms with E-state index >= 15 is 0 Å². The minimum atomic E-state index is -0.539. The number of hydrogen-bond donors (Lipinski definition) is 1. The molecule has 0 amide bonds. The van der Waals surface area contributed by atoms with Gasteiger partial charge in [0.15, 0.2) is 11.6 Å². The first-order valence-electron chi connectivity index (χ1n) is 11.6. The summed E-state index contributed by atoms with van der Waals surface area (Å²) in [6.07, 6.45) is 10.9. The predicted molar refractivity (Wildman–Crippen MR) is 136 cm³/mol. The van der Waals surface area contributed by atoms with Crippen molar-refractivity contribution < 1.29 is 30.2 Å². The molecular weight excluding hydrogens is 649 g/mol. The summed E-state index contributed by atoms with van der Waals surface area (Å²) in [4.78, 5) is 13.3. The standard InChI is InChI=1S/C27H24ClFN5O.W/c28-21-8-4-5-9-24(21)32-19-10-11-26(22(29)16-19)35-25-13-14-30-17-20(25)23-12-15-31-27(34-23)33-18-6-2-1-3-7-18;/h4-5,8-18H,1-3,6-7H2,(H,31,33,34);/q-1;.